The van der Waals surface area contributed by atoms with Crippen molar-refractivity contribution in [2.45, 2.75) is 0 Å². The Morgan fingerprint density at radius 3 is 0.875 bits per heavy atom. The highest BCUT2D eigenvalue weighted by Crippen LogP contribution is 2.36. The second kappa shape index (κ2) is 16.4. The quantitative estimate of drug-likeness (QED) is 0.0481. The van der Waals surface area contributed by atoms with Crippen LogP contribution in [0.2, 0.25) is 0 Å². The van der Waals surface area contributed by atoms with Crippen LogP contribution in [0.3, 0.4) is 0 Å². The summed E-state index contributed by atoms with van der Waals surface area (Å²) >= 11 is 0. The molecule has 0 aliphatic carbocycles. The van der Waals surface area contributed by atoms with Crippen LogP contribution in [-0.4, -0.2) is 21.1 Å². The van der Waals surface area contributed by atoms with Gasteiger partial charge in [0.25, 0.3) is 0 Å². The fourth-order valence-corrected chi connectivity index (χ4v) is 5.46. The molecule has 0 amide bonds. The molecule has 8 heteroatoms. The molecule has 0 fully saturated rings. The Balaban J connectivity index is 0.000000841. The molecule has 0 radical (unpaired) electrons. The fraction of sp³-hybridized carbons (Fsp3) is 0.0750. The van der Waals surface area contributed by atoms with Gasteiger partial charge in [0.1, 0.15) is 0 Å². The highest BCUT2D eigenvalue weighted by Gasteiger charge is 2.24. The first-order valence-corrected chi connectivity index (χ1v) is 16.4. The third-order valence-electron chi connectivity index (χ3n) is 8.12. The summed E-state index contributed by atoms with van der Waals surface area (Å²) in [7, 11) is 3.18. The van der Waals surface area contributed by atoms with Crippen molar-refractivity contribution in [2.75, 3.05) is 35.8 Å². The highest BCUT2D eigenvalue weighted by atomic mass is 31.1. The first-order valence-electron chi connectivity index (χ1n) is 15.3. The molecule has 0 bridgehead atoms. The molecule has 0 saturated carbocycles. The van der Waals surface area contributed by atoms with Gasteiger partial charge in [-0.05, 0) is 114 Å². The lowest BCUT2D eigenvalue weighted by molar-refractivity contribution is -0.644. The van der Waals surface area contributed by atoms with Crippen LogP contribution in [0.25, 0.3) is 0 Å². The molecular formula is C40H38N3O4P. The van der Waals surface area contributed by atoms with Crippen LogP contribution in [0, 0.1) is 5.92 Å². The number of hydrogen-bond donors (Lipinski definition) is 0. The van der Waals surface area contributed by atoms with Gasteiger partial charge >= 0.3 is 8.25 Å². The summed E-state index contributed by atoms with van der Waals surface area (Å²) in [5.74, 6) is 1.21. The van der Waals surface area contributed by atoms with Crippen molar-refractivity contribution in [2.24, 2.45) is 0 Å². The van der Waals surface area contributed by atoms with Crippen molar-refractivity contribution in [1.29, 1.82) is 0 Å². The van der Waals surface area contributed by atoms with E-state index in [4.69, 9.17) is 14.7 Å². The van der Waals surface area contributed by atoms with E-state index in [0.717, 1.165) is 34.1 Å². The van der Waals surface area contributed by atoms with E-state index in [9.17, 15) is 0 Å². The van der Waals surface area contributed by atoms with E-state index in [0.29, 0.717) is 0 Å². The highest BCUT2D eigenvalue weighted by molar-refractivity contribution is 7.30. The first kappa shape index (κ1) is 33.9. The summed E-state index contributed by atoms with van der Waals surface area (Å²) in [6.07, 6.45) is 0. The Morgan fingerprint density at radius 2 is 0.667 bits per heavy atom. The molecule has 6 rings (SSSR count). The lowest BCUT2D eigenvalue weighted by atomic mass is 9.85. The third kappa shape index (κ3) is 8.48. The van der Waals surface area contributed by atoms with Gasteiger partial charge in [0.2, 0.25) is 0 Å². The summed E-state index contributed by atoms with van der Waals surface area (Å²) in [5, 5.41) is 8.53. The van der Waals surface area contributed by atoms with Crippen LogP contribution in [0.4, 0.5) is 34.1 Å². The molecule has 48 heavy (non-hydrogen) atoms. The van der Waals surface area contributed by atoms with Crippen molar-refractivity contribution in [3.63, 3.8) is 0 Å². The topological polar surface area (TPSA) is 82.1 Å². The average Bonchev–Trinajstić information content (AvgIpc) is 3.16. The van der Waals surface area contributed by atoms with E-state index in [1.165, 1.54) is 22.6 Å². The Morgan fingerprint density at radius 1 is 0.458 bits per heavy atom. The zero-order chi connectivity index (χ0) is 33.9. The minimum atomic E-state index is -3.15. The Bertz CT molecular complexity index is 1650. The summed E-state index contributed by atoms with van der Waals surface area (Å²) in [5.41, 5.74) is 10.5. The number of nitrogens with zero attached hydrogens (tertiary/aromatic N) is 3. The molecule has 1 unspecified atom stereocenters. The van der Waals surface area contributed by atoms with Crippen LogP contribution in [0.15, 0.2) is 164 Å². The molecule has 6 aromatic carbocycles. The number of rotatable bonds is 10. The van der Waals surface area contributed by atoms with Gasteiger partial charge in [-0.3, -0.25) is 0 Å². The standard InChI is InChI=1S/C40H36N3.HO4P.H2/c1-41(34-13-7-4-8-14-34)37-25-19-31(20-26-37)40(32-21-27-38(28-22-32)42(2)35-15-9-5-10-16-35)33-23-29-39(30-24-33)43(3)36-17-11-6-12-18-36;1-4-5(2)3;/h4-30H,1-3H3;1H;1H/q+1;;/p-1. The molecule has 7 nitrogen and oxygen atoms in total. The molecular weight excluding hydrogens is 617 g/mol. The fourth-order valence-electron chi connectivity index (χ4n) is 5.46. The molecule has 0 saturated heterocycles. The van der Waals surface area contributed by atoms with E-state index >= 15 is 0 Å². The minimum Gasteiger partial charge on any atom is -0.674 e. The molecule has 0 heterocycles. The molecule has 0 aliphatic rings. The number of anilines is 6. The van der Waals surface area contributed by atoms with Crippen molar-refractivity contribution in [1.82, 2.24) is 0 Å². The smallest absolute Gasteiger partial charge is 0.479 e. The zero-order valence-corrected chi connectivity index (χ0v) is 27.9. The van der Waals surface area contributed by atoms with Crippen LogP contribution < -0.4 is 24.9 Å². The summed E-state index contributed by atoms with van der Waals surface area (Å²) in [6, 6.07) is 58.0. The molecule has 6 aromatic rings. The van der Waals surface area contributed by atoms with Gasteiger partial charge in [0.05, 0.1) is 39.7 Å². The first-order chi connectivity index (χ1) is 23.4. The van der Waals surface area contributed by atoms with Gasteiger partial charge < -0.3 is 24.9 Å². The van der Waals surface area contributed by atoms with Gasteiger partial charge in [0, 0.05) is 39.6 Å². The zero-order valence-electron chi connectivity index (χ0n) is 27.0. The maximum atomic E-state index is 8.87. The van der Waals surface area contributed by atoms with Crippen molar-refractivity contribution in [3.05, 3.63) is 186 Å². The minimum absolute atomic E-state index is 0. The van der Waals surface area contributed by atoms with E-state index in [2.05, 4.69) is 186 Å². The lowest BCUT2D eigenvalue weighted by Gasteiger charge is -2.22. The van der Waals surface area contributed by atoms with Gasteiger partial charge in [-0.15, -0.1) is 0 Å². The molecule has 0 aliphatic heterocycles. The van der Waals surface area contributed by atoms with Gasteiger partial charge in [0.15, 0.2) is 0 Å². The molecule has 0 N–H and O–H groups in total. The average molecular weight is 656 g/mol. The van der Waals surface area contributed by atoms with Crippen LogP contribution in [0.5, 0.6) is 0 Å². The van der Waals surface area contributed by atoms with Gasteiger partial charge in [-0.25, -0.2) is 4.67 Å². The second-order valence-corrected chi connectivity index (χ2v) is 11.6. The van der Waals surface area contributed by atoms with Crippen LogP contribution >= 0.6 is 8.25 Å². The molecule has 242 valence electrons. The third-order valence-corrected chi connectivity index (χ3v) is 8.24. The molecule has 1 atom stereocenters. The predicted octanol–water partition coefficient (Wildman–Crippen LogP) is 8.55. The second-order valence-electron chi connectivity index (χ2n) is 11.0. The van der Waals surface area contributed by atoms with Crippen LogP contribution in [0.1, 0.15) is 18.1 Å². The molecule has 0 aromatic heterocycles. The van der Waals surface area contributed by atoms with E-state index in [-0.39, 0.29) is 1.43 Å². The Labute approximate surface area is 284 Å². The Hall–Kier alpha value is -5.43. The van der Waals surface area contributed by atoms with Crippen molar-refractivity contribution >= 4 is 42.4 Å². The SMILES string of the molecule is CN(c1ccccc1)c1ccc([C+](c2ccc(N(C)c3ccccc3)cc2)c2ccc(N(C)c3ccccc3)cc2)cc1.O=[P+]([O-])O[O-].[HH]. The van der Waals surface area contributed by atoms with E-state index in [1.54, 1.807) is 0 Å². The van der Waals surface area contributed by atoms with Crippen molar-refractivity contribution in [3.8, 4) is 0 Å². The Kier molecular flexibility index (Phi) is 11.6. The van der Waals surface area contributed by atoms with Crippen molar-refractivity contribution < 1.29 is 20.8 Å². The predicted molar refractivity (Wildman–Crippen MR) is 194 cm³/mol. The van der Waals surface area contributed by atoms with E-state index in [1.807, 2.05) is 18.2 Å². The van der Waals surface area contributed by atoms with Gasteiger partial charge in [-0.2, -0.15) is 0 Å². The van der Waals surface area contributed by atoms with Crippen LogP contribution in [-0.2, 0) is 9.24 Å². The summed E-state index contributed by atoms with van der Waals surface area (Å²) in [6.45, 7) is 0. The number of benzene rings is 6. The molecule has 0 spiro atoms. The summed E-state index contributed by atoms with van der Waals surface area (Å²) in [4.78, 5) is 15.5. The van der Waals surface area contributed by atoms with E-state index < -0.39 is 8.25 Å². The summed E-state index contributed by atoms with van der Waals surface area (Å²) < 4.78 is 11.3. The normalized spacial score (nSPS) is 10.7. The lowest BCUT2D eigenvalue weighted by Crippen LogP contribution is -2.11. The monoisotopic (exact) mass is 655 g/mol. The maximum absolute atomic E-state index is 8.87. The maximum Gasteiger partial charge on any atom is 0.479 e. The van der Waals surface area contributed by atoms with Gasteiger partial charge in [-0.1, -0.05) is 54.6 Å². The number of para-hydroxylation sites is 3. The number of hydrogen-bond acceptors (Lipinski definition) is 7. The largest absolute Gasteiger partial charge is 0.674 e.